The predicted molar refractivity (Wildman–Crippen MR) is 44.5 cm³/mol. The molecule has 1 rings (SSSR count). The van der Waals surface area contributed by atoms with Crippen molar-refractivity contribution in [3.05, 3.63) is 33.3 Å². The van der Waals surface area contributed by atoms with Gasteiger partial charge >= 0.3 is 0 Å². The van der Waals surface area contributed by atoms with Crippen LogP contribution in [0.5, 0.6) is 0 Å². The van der Waals surface area contributed by atoms with Crippen LogP contribution in [-0.4, -0.2) is 6.29 Å². The molecular weight excluding hydrogens is 215 g/mol. The molecule has 0 aliphatic heterocycles. The molecule has 0 heterocycles. The molecule has 0 radical (unpaired) electrons. The van der Waals surface area contributed by atoms with Gasteiger partial charge in [-0.1, -0.05) is 23.7 Å². The summed E-state index contributed by atoms with van der Waals surface area (Å²) in [6, 6.07) is 5.22. The van der Waals surface area contributed by atoms with Crippen molar-refractivity contribution in [1.29, 1.82) is 0 Å². The van der Waals surface area contributed by atoms with Crippen LogP contribution in [0.4, 0.5) is 0 Å². The Kier molecular flexibility index (Phi) is 2.46. The first-order valence-electron chi connectivity index (χ1n) is 2.65. The molecule has 52 valence electrons. The third-order valence-electron chi connectivity index (χ3n) is 1.11. The van der Waals surface area contributed by atoms with Gasteiger partial charge in [0, 0.05) is 10.0 Å². The Morgan fingerprint density at radius 3 is 2.70 bits per heavy atom. The zero-order valence-corrected chi connectivity index (χ0v) is 7.32. The van der Waals surface area contributed by atoms with Crippen molar-refractivity contribution in [2.75, 3.05) is 0 Å². The lowest BCUT2D eigenvalue weighted by molar-refractivity contribution is 0.112. The van der Waals surface area contributed by atoms with Gasteiger partial charge in [-0.15, -0.1) is 0 Å². The minimum atomic E-state index is 0.470. The quantitative estimate of drug-likeness (QED) is 0.664. The molecule has 0 spiro atoms. The minimum Gasteiger partial charge on any atom is -0.298 e. The zero-order chi connectivity index (χ0) is 7.56. The summed E-state index contributed by atoms with van der Waals surface area (Å²) in [7, 11) is 0. The molecule has 0 aliphatic rings. The molecule has 1 aromatic carbocycles. The maximum absolute atomic E-state index is 10.3. The van der Waals surface area contributed by atoms with Crippen molar-refractivity contribution in [2.24, 2.45) is 0 Å². The third kappa shape index (κ3) is 1.39. The van der Waals surface area contributed by atoms with Crippen molar-refractivity contribution in [3.63, 3.8) is 0 Å². The number of carbonyl (C=O) groups excluding carboxylic acids is 1. The van der Waals surface area contributed by atoms with E-state index in [9.17, 15) is 4.79 Å². The first-order chi connectivity index (χ1) is 4.75. The number of aldehydes is 1. The Balaban J connectivity index is 3.27. The molecule has 0 aliphatic carbocycles. The number of hydrogen-bond donors (Lipinski definition) is 0. The van der Waals surface area contributed by atoms with E-state index in [-0.39, 0.29) is 0 Å². The first-order valence-corrected chi connectivity index (χ1v) is 3.82. The van der Waals surface area contributed by atoms with Gasteiger partial charge in [0.1, 0.15) is 0 Å². The van der Waals surface area contributed by atoms with E-state index in [4.69, 9.17) is 11.6 Å². The van der Waals surface area contributed by atoms with Crippen molar-refractivity contribution in [3.8, 4) is 0 Å². The topological polar surface area (TPSA) is 17.1 Å². The van der Waals surface area contributed by atoms with Crippen molar-refractivity contribution in [2.45, 2.75) is 0 Å². The van der Waals surface area contributed by atoms with E-state index in [2.05, 4.69) is 15.9 Å². The minimum absolute atomic E-state index is 0.470. The molecule has 0 unspecified atom stereocenters. The van der Waals surface area contributed by atoms with Gasteiger partial charge in [0.05, 0.1) is 5.02 Å². The Labute approximate surface area is 72.1 Å². The standard InChI is InChI=1S/C7H4BrClO/c8-6-3-1-2-5(4-10)7(6)9/h1-4H. The molecule has 0 fully saturated rings. The largest absolute Gasteiger partial charge is 0.298 e. The number of benzene rings is 1. The Morgan fingerprint density at radius 2 is 2.20 bits per heavy atom. The molecule has 1 nitrogen and oxygen atoms in total. The maximum atomic E-state index is 10.3. The van der Waals surface area contributed by atoms with Gasteiger partial charge in [-0.25, -0.2) is 0 Å². The highest BCUT2D eigenvalue weighted by Crippen LogP contribution is 2.24. The summed E-state index contributed by atoms with van der Waals surface area (Å²) >= 11 is 8.91. The van der Waals surface area contributed by atoms with Crippen molar-refractivity contribution >= 4 is 33.8 Å². The van der Waals surface area contributed by atoms with Crippen molar-refractivity contribution in [1.82, 2.24) is 0 Å². The number of halogens is 2. The van der Waals surface area contributed by atoms with E-state index >= 15 is 0 Å². The number of carbonyl (C=O) groups is 1. The van der Waals surface area contributed by atoms with Gasteiger partial charge in [-0.3, -0.25) is 4.79 Å². The van der Waals surface area contributed by atoms with Gasteiger partial charge in [-0.2, -0.15) is 0 Å². The van der Waals surface area contributed by atoms with Crippen LogP contribution in [0.3, 0.4) is 0 Å². The molecule has 0 atom stereocenters. The van der Waals surface area contributed by atoms with E-state index < -0.39 is 0 Å². The SMILES string of the molecule is O=Cc1cccc(Br)c1Cl. The fourth-order valence-electron chi connectivity index (χ4n) is 0.611. The molecule has 0 bridgehead atoms. The molecular formula is C7H4BrClO. The van der Waals surface area contributed by atoms with E-state index in [0.717, 1.165) is 10.8 Å². The van der Waals surface area contributed by atoms with Gasteiger partial charge in [-0.05, 0) is 22.0 Å². The monoisotopic (exact) mass is 218 g/mol. The number of rotatable bonds is 1. The fourth-order valence-corrected chi connectivity index (χ4v) is 1.16. The van der Waals surface area contributed by atoms with Crippen LogP contribution >= 0.6 is 27.5 Å². The smallest absolute Gasteiger partial charge is 0.151 e. The summed E-state index contributed by atoms with van der Waals surface area (Å²) in [6.45, 7) is 0. The van der Waals surface area contributed by atoms with E-state index in [1.54, 1.807) is 18.2 Å². The highest BCUT2D eigenvalue weighted by molar-refractivity contribution is 9.10. The molecule has 1 aromatic rings. The summed E-state index contributed by atoms with van der Waals surface area (Å²) in [6.07, 6.45) is 0.729. The summed E-state index contributed by atoms with van der Waals surface area (Å²) in [5.74, 6) is 0. The Bertz CT molecular complexity index is 260. The first kappa shape index (κ1) is 7.76. The van der Waals surface area contributed by atoms with Gasteiger partial charge in [0.15, 0.2) is 6.29 Å². The van der Waals surface area contributed by atoms with E-state index in [1.807, 2.05) is 0 Å². The van der Waals surface area contributed by atoms with Gasteiger partial charge in [0.2, 0.25) is 0 Å². The summed E-state index contributed by atoms with van der Waals surface area (Å²) < 4.78 is 0.749. The lowest BCUT2D eigenvalue weighted by Gasteiger charge is -1.95. The molecule has 0 N–H and O–H groups in total. The maximum Gasteiger partial charge on any atom is 0.151 e. The Hall–Kier alpha value is -0.340. The highest BCUT2D eigenvalue weighted by atomic mass is 79.9. The normalized spacial score (nSPS) is 9.40. The Morgan fingerprint density at radius 1 is 1.50 bits per heavy atom. The third-order valence-corrected chi connectivity index (χ3v) is 2.42. The zero-order valence-electron chi connectivity index (χ0n) is 4.97. The molecule has 3 heteroatoms. The second-order valence-corrected chi connectivity index (χ2v) is 2.99. The number of hydrogen-bond acceptors (Lipinski definition) is 1. The van der Waals surface area contributed by atoms with Crippen LogP contribution in [0, 0.1) is 0 Å². The lowest BCUT2D eigenvalue weighted by atomic mass is 10.2. The van der Waals surface area contributed by atoms with E-state index in [1.165, 1.54) is 0 Å². The summed E-state index contributed by atoms with van der Waals surface area (Å²) in [4.78, 5) is 10.3. The molecule has 0 amide bonds. The summed E-state index contributed by atoms with van der Waals surface area (Å²) in [5, 5.41) is 0.470. The van der Waals surface area contributed by atoms with Crippen LogP contribution in [0.2, 0.25) is 5.02 Å². The van der Waals surface area contributed by atoms with Gasteiger partial charge in [0.25, 0.3) is 0 Å². The van der Waals surface area contributed by atoms with Crippen LogP contribution in [0.25, 0.3) is 0 Å². The van der Waals surface area contributed by atoms with Crippen LogP contribution < -0.4 is 0 Å². The molecule has 0 saturated carbocycles. The van der Waals surface area contributed by atoms with Gasteiger partial charge < -0.3 is 0 Å². The lowest BCUT2D eigenvalue weighted by Crippen LogP contribution is -1.80. The second-order valence-electron chi connectivity index (χ2n) is 1.76. The fraction of sp³-hybridized carbons (Fsp3) is 0. The average molecular weight is 219 g/mol. The molecule has 0 saturated heterocycles. The van der Waals surface area contributed by atoms with E-state index in [0.29, 0.717) is 10.6 Å². The average Bonchev–Trinajstić information content (AvgIpc) is 1.95. The predicted octanol–water partition coefficient (Wildman–Crippen LogP) is 2.92. The summed E-state index contributed by atoms with van der Waals surface area (Å²) in [5.41, 5.74) is 0.510. The second kappa shape index (κ2) is 3.17. The van der Waals surface area contributed by atoms with Crippen LogP contribution in [0.15, 0.2) is 22.7 Å². The van der Waals surface area contributed by atoms with Crippen LogP contribution in [-0.2, 0) is 0 Å². The molecule has 10 heavy (non-hydrogen) atoms. The van der Waals surface area contributed by atoms with Crippen LogP contribution in [0.1, 0.15) is 10.4 Å². The highest BCUT2D eigenvalue weighted by Gasteiger charge is 2.00. The molecule has 0 aromatic heterocycles. The van der Waals surface area contributed by atoms with Crippen molar-refractivity contribution < 1.29 is 4.79 Å².